The number of hydrogen-bond acceptors (Lipinski definition) is 4. The fourth-order valence-corrected chi connectivity index (χ4v) is 3.60. The number of non-ortho nitro benzene ring substituents is 1. The van der Waals surface area contributed by atoms with Crippen molar-refractivity contribution in [1.29, 1.82) is 0 Å². The fraction of sp³-hybridized carbons (Fsp3) is 0.167. The Balaban J connectivity index is 1.97. The predicted octanol–water partition coefficient (Wildman–Crippen LogP) is 4.47. The van der Waals surface area contributed by atoms with Crippen LogP contribution in [0.3, 0.4) is 0 Å². The number of rotatable bonds is 5. The van der Waals surface area contributed by atoms with Crippen LogP contribution in [-0.2, 0) is 13.1 Å². The minimum Gasteiger partial charge on any atom is -0.308 e. The zero-order valence-electron chi connectivity index (χ0n) is 9.73. The molecule has 0 spiro atoms. The molecule has 0 bridgehead atoms. The van der Waals surface area contributed by atoms with Gasteiger partial charge in [-0.2, -0.15) is 0 Å². The third-order valence-corrected chi connectivity index (χ3v) is 4.49. The molecule has 1 aromatic carbocycles. The lowest BCUT2D eigenvalue weighted by molar-refractivity contribution is -0.385. The molecule has 2 rings (SSSR count). The van der Waals surface area contributed by atoms with Gasteiger partial charge in [0, 0.05) is 34.6 Å². The molecule has 0 saturated carbocycles. The second kappa shape index (κ2) is 6.60. The van der Waals surface area contributed by atoms with Crippen molar-refractivity contribution in [1.82, 2.24) is 5.32 Å². The molecule has 0 aliphatic rings. The van der Waals surface area contributed by atoms with Gasteiger partial charge in [-0.3, -0.25) is 10.1 Å². The van der Waals surface area contributed by atoms with Crippen LogP contribution < -0.4 is 5.32 Å². The van der Waals surface area contributed by atoms with Gasteiger partial charge in [-0.15, -0.1) is 11.3 Å². The van der Waals surface area contributed by atoms with Gasteiger partial charge in [0.15, 0.2) is 0 Å². The summed E-state index contributed by atoms with van der Waals surface area (Å²) in [6.07, 6.45) is 0. The van der Waals surface area contributed by atoms with Crippen LogP contribution in [0.25, 0.3) is 0 Å². The Morgan fingerprint density at radius 2 is 2.00 bits per heavy atom. The number of nitro benzene ring substituents is 1. The molecule has 0 aliphatic carbocycles. The number of thiophene rings is 1. The van der Waals surface area contributed by atoms with Crippen LogP contribution >= 0.6 is 43.2 Å². The number of hydrogen-bond donors (Lipinski definition) is 1. The summed E-state index contributed by atoms with van der Waals surface area (Å²) in [5, 5.41) is 14.0. The molecule has 0 radical (unpaired) electrons. The Kier molecular flexibility index (Phi) is 5.09. The third kappa shape index (κ3) is 4.38. The first-order valence-electron chi connectivity index (χ1n) is 5.43. The second-order valence-electron chi connectivity index (χ2n) is 3.88. The summed E-state index contributed by atoms with van der Waals surface area (Å²) in [5.41, 5.74) is 0.988. The van der Waals surface area contributed by atoms with E-state index < -0.39 is 0 Å². The van der Waals surface area contributed by atoms with Gasteiger partial charge in [0.2, 0.25) is 0 Å². The highest BCUT2D eigenvalue weighted by molar-refractivity contribution is 9.11. The Labute approximate surface area is 131 Å². The lowest BCUT2D eigenvalue weighted by Gasteiger charge is -2.04. The van der Waals surface area contributed by atoms with E-state index in [4.69, 9.17) is 0 Å². The fourth-order valence-electron chi connectivity index (χ4n) is 1.62. The number of nitrogens with one attached hydrogen (secondary N) is 1. The van der Waals surface area contributed by atoms with E-state index in [1.807, 2.05) is 18.2 Å². The summed E-state index contributed by atoms with van der Waals surface area (Å²) < 4.78 is 1.82. The Morgan fingerprint density at radius 3 is 2.63 bits per heavy atom. The molecule has 19 heavy (non-hydrogen) atoms. The van der Waals surface area contributed by atoms with Crippen molar-refractivity contribution >= 4 is 48.9 Å². The highest BCUT2D eigenvalue weighted by Gasteiger charge is 2.08. The molecule has 1 aromatic heterocycles. The van der Waals surface area contributed by atoms with E-state index in [0.717, 1.165) is 20.4 Å². The van der Waals surface area contributed by atoms with Gasteiger partial charge in [0.25, 0.3) is 5.69 Å². The van der Waals surface area contributed by atoms with E-state index in [9.17, 15) is 10.1 Å². The molecule has 100 valence electrons. The average molecular weight is 406 g/mol. The lowest BCUT2D eigenvalue weighted by Crippen LogP contribution is -2.11. The van der Waals surface area contributed by atoms with Gasteiger partial charge in [0.05, 0.1) is 8.71 Å². The molecule has 7 heteroatoms. The SMILES string of the molecule is O=[N+]([O-])c1cc(Br)cc(CNCc2ccc(Br)s2)c1. The summed E-state index contributed by atoms with van der Waals surface area (Å²) in [6.45, 7) is 1.34. The number of nitrogens with zero attached hydrogens (tertiary/aromatic N) is 1. The van der Waals surface area contributed by atoms with Crippen molar-refractivity contribution in [2.75, 3.05) is 0 Å². The van der Waals surface area contributed by atoms with Gasteiger partial charge >= 0.3 is 0 Å². The van der Waals surface area contributed by atoms with E-state index in [-0.39, 0.29) is 10.6 Å². The van der Waals surface area contributed by atoms with E-state index in [1.54, 1.807) is 17.4 Å². The summed E-state index contributed by atoms with van der Waals surface area (Å²) in [6, 6.07) is 9.02. The summed E-state index contributed by atoms with van der Waals surface area (Å²) >= 11 is 8.37. The zero-order valence-corrected chi connectivity index (χ0v) is 13.7. The summed E-state index contributed by atoms with van der Waals surface area (Å²) in [5.74, 6) is 0. The van der Waals surface area contributed by atoms with Crippen LogP contribution in [0.4, 0.5) is 5.69 Å². The first kappa shape index (κ1) is 14.6. The molecule has 2 aromatic rings. The largest absolute Gasteiger partial charge is 0.308 e. The number of nitro groups is 1. The second-order valence-corrected chi connectivity index (χ2v) is 7.35. The van der Waals surface area contributed by atoms with Crippen molar-refractivity contribution in [2.24, 2.45) is 0 Å². The normalized spacial score (nSPS) is 10.6. The summed E-state index contributed by atoms with van der Waals surface area (Å²) in [7, 11) is 0. The highest BCUT2D eigenvalue weighted by Crippen LogP contribution is 2.23. The van der Waals surface area contributed by atoms with E-state index in [2.05, 4.69) is 37.2 Å². The molecule has 0 amide bonds. The molecular weight excluding hydrogens is 396 g/mol. The maximum absolute atomic E-state index is 10.8. The molecule has 0 atom stereocenters. The monoisotopic (exact) mass is 404 g/mol. The van der Waals surface area contributed by atoms with Crippen molar-refractivity contribution in [3.8, 4) is 0 Å². The first-order chi connectivity index (χ1) is 9.04. The van der Waals surface area contributed by atoms with E-state index in [0.29, 0.717) is 6.54 Å². The lowest BCUT2D eigenvalue weighted by atomic mass is 10.2. The summed E-state index contributed by atoms with van der Waals surface area (Å²) in [4.78, 5) is 11.6. The molecule has 1 N–H and O–H groups in total. The smallest absolute Gasteiger partial charge is 0.270 e. The average Bonchev–Trinajstić information content (AvgIpc) is 2.74. The standard InChI is InChI=1S/C12H10Br2N2O2S/c13-9-3-8(4-10(5-9)16(17)18)6-15-7-11-1-2-12(14)19-11/h1-5,15H,6-7H2. The number of halogens is 2. The van der Waals surface area contributed by atoms with Crippen molar-refractivity contribution in [3.63, 3.8) is 0 Å². The quantitative estimate of drug-likeness (QED) is 0.589. The van der Waals surface area contributed by atoms with Crippen LogP contribution in [-0.4, -0.2) is 4.92 Å². The van der Waals surface area contributed by atoms with Crippen molar-refractivity contribution in [3.05, 3.63) is 59.1 Å². The van der Waals surface area contributed by atoms with E-state index >= 15 is 0 Å². The van der Waals surface area contributed by atoms with Crippen molar-refractivity contribution in [2.45, 2.75) is 13.1 Å². The Hall–Kier alpha value is -0.760. The topological polar surface area (TPSA) is 55.2 Å². The van der Waals surface area contributed by atoms with Gasteiger partial charge in [-0.1, -0.05) is 15.9 Å². The zero-order chi connectivity index (χ0) is 13.8. The molecule has 0 aliphatic heterocycles. The molecule has 0 saturated heterocycles. The van der Waals surface area contributed by atoms with Crippen molar-refractivity contribution < 1.29 is 4.92 Å². The molecule has 1 heterocycles. The molecular formula is C12H10Br2N2O2S. The van der Waals surface area contributed by atoms with Gasteiger partial charge < -0.3 is 5.32 Å². The van der Waals surface area contributed by atoms with Crippen LogP contribution in [0.5, 0.6) is 0 Å². The molecule has 4 nitrogen and oxygen atoms in total. The van der Waals surface area contributed by atoms with Gasteiger partial charge in [-0.25, -0.2) is 0 Å². The van der Waals surface area contributed by atoms with Crippen LogP contribution in [0.15, 0.2) is 38.6 Å². The van der Waals surface area contributed by atoms with Crippen LogP contribution in [0, 0.1) is 10.1 Å². The Morgan fingerprint density at radius 1 is 1.21 bits per heavy atom. The highest BCUT2D eigenvalue weighted by atomic mass is 79.9. The minimum absolute atomic E-state index is 0.102. The van der Waals surface area contributed by atoms with Gasteiger partial charge in [0.1, 0.15) is 0 Å². The van der Waals surface area contributed by atoms with Crippen LogP contribution in [0.2, 0.25) is 0 Å². The minimum atomic E-state index is -0.384. The first-order valence-corrected chi connectivity index (χ1v) is 7.83. The number of benzene rings is 1. The molecule has 0 unspecified atom stereocenters. The maximum atomic E-state index is 10.8. The van der Waals surface area contributed by atoms with Gasteiger partial charge in [-0.05, 0) is 39.7 Å². The third-order valence-electron chi connectivity index (χ3n) is 2.41. The maximum Gasteiger partial charge on any atom is 0.270 e. The van der Waals surface area contributed by atoms with Crippen LogP contribution in [0.1, 0.15) is 10.4 Å². The molecule has 0 fully saturated rings. The Bertz CT molecular complexity index is 601. The predicted molar refractivity (Wildman–Crippen MR) is 83.4 cm³/mol. The van der Waals surface area contributed by atoms with E-state index in [1.165, 1.54) is 10.9 Å².